The molecule has 1 fully saturated rings. The van der Waals surface area contributed by atoms with Gasteiger partial charge in [0.05, 0.1) is 5.69 Å². The molecule has 0 spiro atoms. The smallest absolute Gasteiger partial charge is 0.222 e. The molecule has 2 N–H and O–H groups in total. The number of carbonyl (C=O) groups excluding carboxylic acids is 1. The summed E-state index contributed by atoms with van der Waals surface area (Å²) in [4.78, 5) is 23.4. The van der Waals surface area contributed by atoms with Crippen LogP contribution in [-0.2, 0) is 11.2 Å². The first-order valence-electron chi connectivity index (χ1n) is 10.8. The van der Waals surface area contributed by atoms with Crippen LogP contribution in [-0.4, -0.2) is 33.9 Å². The van der Waals surface area contributed by atoms with E-state index in [2.05, 4.69) is 22.1 Å². The van der Waals surface area contributed by atoms with Crippen LogP contribution in [0.4, 0.5) is 10.3 Å². The maximum Gasteiger partial charge on any atom is 0.222 e. The van der Waals surface area contributed by atoms with Gasteiger partial charge in [0.25, 0.3) is 0 Å². The number of amides is 1. The van der Waals surface area contributed by atoms with Crippen molar-refractivity contribution in [2.24, 2.45) is 0 Å². The molecule has 1 atom stereocenters. The van der Waals surface area contributed by atoms with Crippen molar-refractivity contribution in [3.63, 3.8) is 0 Å². The summed E-state index contributed by atoms with van der Waals surface area (Å²) in [6.07, 6.45) is 5.74. The number of nitrogens with zero attached hydrogens (tertiary/aromatic N) is 3. The SMILES string of the molecule is Nc1ncc(-c2cccc(F)c2)c([C@@H]2CCCN(C(=O)CCCc3ccccc3)C2)n1. The minimum absolute atomic E-state index is 0.0513. The third kappa shape index (κ3) is 5.26. The Kier molecular flexibility index (Phi) is 6.55. The van der Waals surface area contributed by atoms with Gasteiger partial charge in [0, 0.05) is 37.2 Å². The van der Waals surface area contributed by atoms with Gasteiger partial charge in [-0.15, -0.1) is 0 Å². The molecular weight excluding hydrogens is 391 g/mol. The van der Waals surface area contributed by atoms with E-state index in [1.807, 2.05) is 29.2 Å². The predicted molar refractivity (Wildman–Crippen MR) is 120 cm³/mol. The number of benzene rings is 2. The number of hydrogen-bond acceptors (Lipinski definition) is 4. The summed E-state index contributed by atoms with van der Waals surface area (Å²) in [5.41, 5.74) is 9.42. The van der Waals surface area contributed by atoms with Crippen LogP contribution in [0.5, 0.6) is 0 Å². The van der Waals surface area contributed by atoms with E-state index in [1.165, 1.54) is 17.7 Å². The molecule has 31 heavy (non-hydrogen) atoms. The zero-order valence-corrected chi connectivity index (χ0v) is 17.5. The Morgan fingerprint density at radius 1 is 1.16 bits per heavy atom. The molecule has 1 aliphatic heterocycles. The molecule has 1 amide bonds. The number of nitrogen functional groups attached to an aromatic ring is 1. The molecule has 0 aliphatic carbocycles. The zero-order chi connectivity index (χ0) is 21.6. The fourth-order valence-electron chi connectivity index (χ4n) is 4.27. The van der Waals surface area contributed by atoms with E-state index in [0.717, 1.165) is 49.0 Å². The Hall–Kier alpha value is -3.28. The lowest BCUT2D eigenvalue weighted by Gasteiger charge is -2.33. The highest BCUT2D eigenvalue weighted by Gasteiger charge is 2.28. The molecule has 0 saturated carbocycles. The largest absolute Gasteiger partial charge is 0.368 e. The Labute approximate surface area is 182 Å². The van der Waals surface area contributed by atoms with Gasteiger partial charge in [-0.05, 0) is 48.9 Å². The summed E-state index contributed by atoms with van der Waals surface area (Å²) in [5, 5.41) is 0. The van der Waals surface area contributed by atoms with Crippen LogP contribution in [0, 0.1) is 5.82 Å². The fourth-order valence-corrected chi connectivity index (χ4v) is 4.27. The average molecular weight is 419 g/mol. The van der Waals surface area contributed by atoms with Gasteiger partial charge in [0.2, 0.25) is 11.9 Å². The van der Waals surface area contributed by atoms with E-state index in [1.54, 1.807) is 12.3 Å². The van der Waals surface area contributed by atoms with Crippen LogP contribution in [0.2, 0.25) is 0 Å². The highest BCUT2D eigenvalue weighted by molar-refractivity contribution is 5.76. The monoisotopic (exact) mass is 418 g/mol. The Morgan fingerprint density at radius 2 is 2.00 bits per heavy atom. The zero-order valence-electron chi connectivity index (χ0n) is 17.5. The van der Waals surface area contributed by atoms with Gasteiger partial charge in [-0.3, -0.25) is 4.79 Å². The van der Waals surface area contributed by atoms with E-state index < -0.39 is 0 Å². The van der Waals surface area contributed by atoms with Crippen molar-refractivity contribution in [1.29, 1.82) is 0 Å². The number of hydrogen-bond donors (Lipinski definition) is 1. The summed E-state index contributed by atoms with van der Waals surface area (Å²) >= 11 is 0. The molecule has 4 rings (SSSR count). The molecule has 6 heteroatoms. The molecule has 0 bridgehead atoms. The summed E-state index contributed by atoms with van der Waals surface area (Å²) in [6, 6.07) is 16.6. The molecule has 1 saturated heterocycles. The van der Waals surface area contributed by atoms with E-state index in [0.29, 0.717) is 13.0 Å². The Bertz CT molecular complexity index is 1040. The van der Waals surface area contributed by atoms with Gasteiger partial charge in [-0.25, -0.2) is 14.4 Å². The van der Waals surface area contributed by atoms with Crippen molar-refractivity contribution in [2.45, 2.75) is 38.0 Å². The van der Waals surface area contributed by atoms with Crippen molar-refractivity contribution >= 4 is 11.9 Å². The standard InChI is InChI=1S/C25H27FN4O/c26-21-12-5-10-19(15-21)22-16-28-25(27)29-24(22)20-11-6-14-30(17-20)23(31)13-4-9-18-7-2-1-3-8-18/h1-3,5,7-8,10,12,15-16,20H,4,6,9,11,13-14,17H2,(H2,27,28,29)/t20-/m1/s1. The summed E-state index contributed by atoms with van der Waals surface area (Å²) in [6.45, 7) is 1.36. The highest BCUT2D eigenvalue weighted by Crippen LogP contribution is 2.33. The first kappa shape index (κ1) is 21.0. The first-order chi connectivity index (χ1) is 15.1. The van der Waals surface area contributed by atoms with Crippen LogP contribution in [0.3, 0.4) is 0 Å². The fraction of sp³-hybridized carbons (Fsp3) is 0.320. The van der Waals surface area contributed by atoms with Crippen molar-refractivity contribution in [2.75, 3.05) is 18.8 Å². The first-order valence-corrected chi connectivity index (χ1v) is 10.8. The van der Waals surface area contributed by atoms with Crippen LogP contribution in [0.15, 0.2) is 60.8 Å². The van der Waals surface area contributed by atoms with Crippen LogP contribution in [0.1, 0.15) is 42.9 Å². The molecule has 0 unspecified atom stereocenters. The van der Waals surface area contributed by atoms with Gasteiger partial charge in [-0.1, -0.05) is 42.5 Å². The van der Waals surface area contributed by atoms with E-state index >= 15 is 0 Å². The maximum absolute atomic E-state index is 13.8. The van der Waals surface area contributed by atoms with Gasteiger partial charge in [0.15, 0.2) is 0 Å². The van der Waals surface area contributed by atoms with E-state index in [4.69, 9.17) is 5.73 Å². The second-order valence-electron chi connectivity index (χ2n) is 8.06. The van der Waals surface area contributed by atoms with Gasteiger partial charge < -0.3 is 10.6 Å². The number of anilines is 1. The minimum Gasteiger partial charge on any atom is -0.368 e. The molecule has 0 radical (unpaired) electrons. The second kappa shape index (κ2) is 9.69. The van der Waals surface area contributed by atoms with Gasteiger partial charge in [-0.2, -0.15) is 0 Å². The Balaban J connectivity index is 1.46. The molecule has 1 aliphatic rings. The number of aryl methyl sites for hydroxylation is 1. The van der Waals surface area contributed by atoms with Crippen molar-refractivity contribution in [3.05, 3.63) is 77.9 Å². The lowest BCUT2D eigenvalue weighted by Crippen LogP contribution is -2.39. The third-order valence-corrected chi connectivity index (χ3v) is 5.83. The Morgan fingerprint density at radius 3 is 2.81 bits per heavy atom. The van der Waals surface area contributed by atoms with Gasteiger partial charge in [0.1, 0.15) is 5.82 Å². The molecule has 2 aromatic carbocycles. The summed E-state index contributed by atoms with van der Waals surface area (Å²) in [7, 11) is 0. The lowest BCUT2D eigenvalue weighted by molar-refractivity contribution is -0.132. The molecule has 1 aromatic heterocycles. The predicted octanol–water partition coefficient (Wildman–Crippen LogP) is 4.59. The van der Waals surface area contributed by atoms with Gasteiger partial charge >= 0.3 is 0 Å². The second-order valence-corrected chi connectivity index (χ2v) is 8.06. The van der Waals surface area contributed by atoms with Crippen LogP contribution in [0.25, 0.3) is 11.1 Å². The summed E-state index contributed by atoms with van der Waals surface area (Å²) in [5.74, 6) is 0.117. The molecule has 160 valence electrons. The van der Waals surface area contributed by atoms with Crippen molar-refractivity contribution in [1.82, 2.24) is 14.9 Å². The normalized spacial score (nSPS) is 16.3. The maximum atomic E-state index is 13.8. The molecule has 5 nitrogen and oxygen atoms in total. The number of rotatable bonds is 6. The molecule has 3 aromatic rings. The summed E-state index contributed by atoms with van der Waals surface area (Å²) < 4.78 is 13.8. The highest BCUT2D eigenvalue weighted by atomic mass is 19.1. The molecule has 2 heterocycles. The third-order valence-electron chi connectivity index (χ3n) is 5.83. The van der Waals surface area contributed by atoms with E-state index in [-0.39, 0.29) is 23.6 Å². The van der Waals surface area contributed by atoms with Crippen LogP contribution >= 0.6 is 0 Å². The van der Waals surface area contributed by atoms with E-state index in [9.17, 15) is 9.18 Å². The average Bonchev–Trinajstić information content (AvgIpc) is 2.80. The number of piperidine rings is 1. The topological polar surface area (TPSA) is 72.1 Å². The number of likely N-dealkylation sites (tertiary alicyclic amines) is 1. The minimum atomic E-state index is -0.306. The van der Waals surface area contributed by atoms with Crippen LogP contribution < -0.4 is 5.73 Å². The molecular formula is C25H27FN4O. The number of aromatic nitrogens is 2. The number of nitrogens with two attached hydrogens (primary N) is 1. The van der Waals surface area contributed by atoms with Crippen molar-refractivity contribution < 1.29 is 9.18 Å². The van der Waals surface area contributed by atoms with Crippen molar-refractivity contribution in [3.8, 4) is 11.1 Å². The number of carbonyl (C=O) groups is 1. The quantitative estimate of drug-likeness (QED) is 0.635. The lowest BCUT2D eigenvalue weighted by atomic mass is 9.89. The number of halogens is 1.